The molecular weight excluding hydrogens is 485 g/mol. The molecule has 7 nitrogen and oxygen atoms in total. The highest BCUT2D eigenvalue weighted by Gasteiger charge is 2.40. The molecular formula is C30H40FN3O4. The maximum Gasteiger partial charge on any atom is 0.325 e. The number of nitrogens with zero attached hydrogens (tertiary/aromatic N) is 2. The van der Waals surface area contributed by atoms with Gasteiger partial charge in [0.1, 0.15) is 17.7 Å². The molecule has 5 rings (SSSR count). The van der Waals surface area contributed by atoms with Crippen molar-refractivity contribution in [3.8, 4) is 0 Å². The van der Waals surface area contributed by atoms with E-state index in [1.54, 1.807) is 6.07 Å². The fraction of sp³-hybridized carbons (Fsp3) is 0.600. The van der Waals surface area contributed by atoms with Gasteiger partial charge in [0.05, 0.1) is 12.2 Å². The number of rotatable bonds is 11. The maximum atomic E-state index is 14.3. The van der Waals surface area contributed by atoms with Gasteiger partial charge in [0.25, 0.3) is 0 Å². The second-order valence-corrected chi connectivity index (χ2v) is 11.0. The van der Waals surface area contributed by atoms with Crippen LogP contribution >= 0.6 is 0 Å². The summed E-state index contributed by atoms with van der Waals surface area (Å²) in [5, 5.41) is 13.6. The van der Waals surface area contributed by atoms with E-state index in [9.17, 15) is 14.3 Å². The van der Waals surface area contributed by atoms with Gasteiger partial charge in [0.2, 0.25) is 0 Å². The van der Waals surface area contributed by atoms with E-state index in [2.05, 4.69) is 17.4 Å². The van der Waals surface area contributed by atoms with Crippen LogP contribution in [0.2, 0.25) is 0 Å². The van der Waals surface area contributed by atoms with E-state index in [4.69, 9.17) is 14.5 Å². The van der Waals surface area contributed by atoms with E-state index in [1.165, 1.54) is 24.1 Å². The number of benzene rings is 1. The number of carboxylic acids is 1. The third-order valence-electron chi connectivity index (χ3n) is 8.29. The summed E-state index contributed by atoms with van der Waals surface area (Å²) in [5.41, 5.74) is 3.73. The van der Waals surface area contributed by atoms with E-state index in [-0.39, 0.29) is 18.2 Å². The number of fused-ring (bicyclic) bond motifs is 1. The van der Waals surface area contributed by atoms with Gasteiger partial charge in [-0.05, 0) is 106 Å². The number of nitrogens with one attached hydrogen (secondary N) is 1. The number of aliphatic carboxylic acids is 1. The summed E-state index contributed by atoms with van der Waals surface area (Å²) >= 11 is 0. The number of aryl methyl sites for hydroxylation is 2. The highest BCUT2D eigenvalue weighted by atomic mass is 19.1. The van der Waals surface area contributed by atoms with Crippen molar-refractivity contribution in [3.63, 3.8) is 0 Å². The fourth-order valence-corrected chi connectivity index (χ4v) is 5.97. The standard InChI is InChI=1S/C30H40FN3O4/c1-34(28(30(35)36)26-17-21(31)11-13-25(26)27-9-3-5-16-38-27)23-18-24(19-23)37-15-4-2-8-22-12-10-20-7-6-14-32-29(20)33-22/h10-13,17,23-24,27-28H,2-9,14-16,18-19H2,1H3,(H,32,33)(H,35,36)/t23?,24?,27-,28?/m0/s1. The first-order chi connectivity index (χ1) is 18.5. The van der Waals surface area contributed by atoms with E-state index >= 15 is 0 Å². The topological polar surface area (TPSA) is 83.9 Å². The molecule has 0 spiro atoms. The van der Waals surface area contributed by atoms with E-state index in [1.807, 2.05) is 11.9 Å². The second-order valence-electron chi connectivity index (χ2n) is 11.0. The molecule has 1 aromatic heterocycles. The molecule has 0 bridgehead atoms. The van der Waals surface area contributed by atoms with E-state index in [0.717, 1.165) is 81.4 Å². The van der Waals surface area contributed by atoms with Crippen molar-refractivity contribution in [2.75, 3.05) is 32.1 Å². The predicted octanol–water partition coefficient (Wildman–Crippen LogP) is 5.45. The van der Waals surface area contributed by atoms with E-state index in [0.29, 0.717) is 18.8 Å². The third kappa shape index (κ3) is 6.35. The summed E-state index contributed by atoms with van der Waals surface area (Å²) in [7, 11) is 1.83. The molecule has 3 heterocycles. The summed E-state index contributed by atoms with van der Waals surface area (Å²) in [4.78, 5) is 19.0. The van der Waals surface area contributed by atoms with Gasteiger partial charge < -0.3 is 19.9 Å². The summed E-state index contributed by atoms with van der Waals surface area (Å²) in [5.74, 6) is -0.340. The highest BCUT2D eigenvalue weighted by Crippen LogP contribution is 2.38. The minimum absolute atomic E-state index is 0.0803. The minimum Gasteiger partial charge on any atom is -0.480 e. The molecule has 8 heteroatoms. The molecule has 2 fully saturated rings. The third-order valence-corrected chi connectivity index (χ3v) is 8.29. The Hall–Kier alpha value is -2.55. The predicted molar refractivity (Wildman–Crippen MR) is 144 cm³/mol. The number of ether oxygens (including phenoxy) is 2. The molecule has 1 saturated heterocycles. The van der Waals surface area contributed by atoms with Gasteiger partial charge in [-0.15, -0.1) is 0 Å². The Kier molecular flexibility index (Phi) is 8.92. The Labute approximate surface area is 224 Å². The Balaban J connectivity index is 1.09. The van der Waals surface area contributed by atoms with Gasteiger partial charge in [-0.1, -0.05) is 12.1 Å². The number of carbonyl (C=O) groups is 1. The molecule has 1 unspecified atom stereocenters. The maximum absolute atomic E-state index is 14.3. The average molecular weight is 526 g/mol. The van der Waals surface area contributed by atoms with Crippen LogP contribution in [0, 0.1) is 5.82 Å². The SMILES string of the molecule is CN(C1CC(OCCCCc2ccc3c(n2)NCCC3)C1)C(C(=O)O)c1cc(F)ccc1[C@@H]1CCCCO1. The molecule has 0 amide bonds. The van der Waals surface area contributed by atoms with Crippen LogP contribution in [0.25, 0.3) is 0 Å². The first-order valence-electron chi connectivity index (χ1n) is 14.2. The number of halogens is 1. The molecule has 0 radical (unpaired) electrons. The molecule has 2 atom stereocenters. The Morgan fingerprint density at radius 1 is 1.24 bits per heavy atom. The quantitative estimate of drug-likeness (QED) is 0.378. The lowest BCUT2D eigenvalue weighted by Gasteiger charge is -2.43. The average Bonchev–Trinajstić information content (AvgIpc) is 2.90. The lowest BCUT2D eigenvalue weighted by Crippen LogP contribution is -2.49. The number of aromatic nitrogens is 1. The van der Waals surface area contributed by atoms with Gasteiger partial charge >= 0.3 is 5.97 Å². The van der Waals surface area contributed by atoms with Crippen molar-refractivity contribution >= 4 is 11.8 Å². The summed E-state index contributed by atoms with van der Waals surface area (Å²) in [6, 6.07) is 7.98. The van der Waals surface area contributed by atoms with Crippen molar-refractivity contribution in [1.29, 1.82) is 0 Å². The highest BCUT2D eigenvalue weighted by molar-refractivity contribution is 5.76. The van der Waals surface area contributed by atoms with E-state index < -0.39 is 17.8 Å². The largest absolute Gasteiger partial charge is 0.480 e. The van der Waals surface area contributed by atoms with Crippen LogP contribution in [0.1, 0.15) is 85.9 Å². The molecule has 2 aromatic rings. The smallest absolute Gasteiger partial charge is 0.325 e. The number of carboxylic acid groups (broad SMARTS) is 1. The van der Waals surface area contributed by atoms with Crippen molar-refractivity contribution in [3.05, 3.63) is 58.5 Å². The number of likely N-dealkylation sites (N-methyl/N-ethyl adjacent to an activating group) is 1. The number of hydrogen-bond donors (Lipinski definition) is 2. The minimum atomic E-state index is -0.967. The Bertz CT molecular complexity index is 1100. The van der Waals surface area contributed by atoms with Gasteiger partial charge in [0.15, 0.2) is 0 Å². The summed E-state index contributed by atoms with van der Waals surface area (Å²) in [6.45, 7) is 2.35. The first-order valence-corrected chi connectivity index (χ1v) is 14.2. The number of pyridine rings is 1. The zero-order valence-corrected chi connectivity index (χ0v) is 22.3. The molecule has 1 saturated carbocycles. The Morgan fingerprint density at radius 3 is 2.89 bits per heavy atom. The molecule has 2 aliphatic heterocycles. The number of hydrogen-bond acceptors (Lipinski definition) is 6. The van der Waals surface area contributed by atoms with Crippen LogP contribution in [0.5, 0.6) is 0 Å². The van der Waals surface area contributed by atoms with Crippen LogP contribution in [0.15, 0.2) is 30.3 Å². The zero-order chi connectivity index (χ0) is 26.5. The summed E-state index contributed by atoms with van der Waals surface area (Å²) in [6.07, 6.45) is 9.57. The van der Waals surface area contributed by atoms with Crippen LogP contribution in [0.3, 0.4) is 0 Å². The summed E-state index contributed by atoms with van der Waals surface area (Å²) < 4.78 is 26.3. The van der Waals surface area contributed by atoms with Crippen molar-refractivity contribution in [2.24, 2.45) is 0 Å². The van der Waals surface area contributed by atoms with Crippen LogP contribution < -0.4 is 5.32 Å². The van der Waals surface area contributed by atoms with Gasteiger partial charge in [-0.3, -0.25) is 9.69 Å². The van der Waals surface area contributed by atoms with Gasteiger partial charge in [-0.2, -0.15) is 0 Å². The van der Waals surface area contributed by atoms with Crippen LogP contribution in [-0.4, -0.2) is 59.9 Å². The van der Waals surface area contributed by atoms with Gasteiger partial charge in [-0.25, -0.2) is 9.37 Å². The monoisotopic (exact) mass is 525 g/mol. The van der Waals surface area contributed by atoms with Crippen molar-refractivity contribution < 1.29 is 23.8 Å². The molecule has 3 aliphatic rings. The second kappa shape index (κ2) is 12.5. The molecule has 2 N–H and O–H groups in total. The molecule has 206 valence electrons. The van der Waals surface area contributed by atoms with Gasteiger partial charge in [0, 0.05) is 31.5 Å². The number of unbranched alkanes of at least 4 members (excludes halogenated alkanes) is 1. The van der Waals surface area contributed by atoms with Crippen molar-refractivity contribution in [2.45, 2.75) is 88.5 Å². The molecule has 38 heavy (non-hydrogen) atoms. The van der Waals surface area contributed by atoms with Crippen molar-refractivity contribution in [1.82, 2.24) is 9.88 Å². The zero-order valence-electron chi connectivity index (χ0n) is 22.3. The fourth-order valence-electron chi connectivity index (χ4n) is 5.97. The lowest BCUT2D eigenvalue weighted by atomic mass is 9.85. The molecule has 1 aromatic carbocycles. The Morgan fingerprint density at radius 2 is 2.11 bits per heavy atom. The van der Waals surface area contributed by atoms with Crippen LogP contribution in [0.4, 0.5) is 10.2 Å². The van der Waals surface area contributed by atoms with Crippen LogP contribution in [-0.2, 0) is 27.1 Å². The normalized spacial score (nSPS) is 23.8. The lowest BCUT2D eigenvalue weighted by molar-refractivity contribution is -0.146. The number of anilines is 1. The first kappa shape index (κ1) is 27.0. The molecule has 1 aliphatic carbocycles.